The highest BCUT2D eigenvalue weighted by Crippen LogP contribution is 2.51. The standard InChI is InChI=1S/C10H18O.C9H14O2.2C4H12O3Si/c1-10(2,11)9-6-7-3-4-8(9)5-7;1-6(10)11-9-5-7-2-3-8(9)4-7;2*1-5-8(4,6-2)7-3/h7-9,11H,3-6H2,1-2H3;7-9H,2-5H2,1H3;2*1-4H3. The third kappa shape index (κ3) is 11.2. The summed E-state index contributed by atoms with van der Waals surface area (Å²) < 4.78 is 34.8. The molecule has 11 heteroatoms. The molecule has 6 atom stereocenters. The average Bonchev–Trinajstić information content (AvgIpc) is 3.71. The number of rotatable bonds is 8. The van der Waals surface area contributed by atoms with E-state index in [9.17, 15) is 9.90 Å². The molecule has 4 aliphatic carbocycles. The predicted octanol–water partition coefficient (Wildman–Crippen LogP) is 4.92. The summed E-state index contributed by atoms with van der Waals surface area (Å²) in [5.41, 5.74) is -0.417. The van der Waals surface area contributed by atoms with Crippen LogP contribution in [0, 0.1) is 29.6 Å². The summed E-state index contributed by atoms with van der Waals surface area (Å²) in [6.07, 6.45) is 10.8. The van der Waals surface area contributed by atoms with Crippen molar-refractivity contribution in [1.29, 1.82) is 0 Å². The van der Waals surface area contributed by atoms with E-state index in [0.29, 0.717) is 11.8 Å². The summed E-state index contributed by atoms with van der Waals surface area (Å²) in [5, 5.41) is 9.84. The Morgan fingerprint density at radius 2 is 1.08 bits per heavy atom. The summed E-state index contributed by atoms with van der Waals surface area (Å²) in [6.45, 7) is 9.10. The Balaban J connectivity index is 0.000000258. The van der Waals surface area contributed by atoms with Gasteiger partial charge >= 0.3 is 23.6 Å². The molecule has 6 unspecified atom stereocenters. The molecule has 0 aromatic carbocycles. The Kier molecular flexibility index (Phi) is 15.2. The zero-order valence-corrected chi connectivity index (χ0v) is 27.8. The first-order valence-corrected chi connectivity index (χ1v) is 18.3. The minimum atomic E-state index is -2.17. The fourth-order valence-electron chi connectivity index (χ4n) is 6.15. The molecule has 4 bridgehead atoms. The van der Waals surface area contributed by atoms with Gasteiger partial charge in [-0.05, 0) is 88.4 Å². The van der Waals surface area contributed by atoms with Crippen molar-refractivity contribution in [2.75, 3.05) is 42.7 Å². The van der Waals surface area contributed by atoms with Gasteiger partial charge in [0.25, 0.3) is 0 Å². The second-order valence-electron chi connectivity index (χ2n) is 11.7. The normalized spacial score (nSPS) is 29.5. The molecule has 4 saturated carbocycles. The van der Waals surface area contributed by atoms with Crippen molar-refractivity contribution in [2.45, 2.75) is 96.9 Å². The van der Waals surface area contributed by atoms with Crippen LogP contribution in [0.4, 0.5) is 0 Å². The molecule has 4 aliphatic rings. The smallest absolute Gasteiger partial charge is 0.462 e. The third-order valence-electron chi connectivity index (χ3n) is 8.86. The lowest BCUT2D eigenvalue weighted by atomic mass is 9.78. The summed E-state index contributed by atoms with van der Waals surface area (Å²) in [5.74, 6) is 3.86. The summed E-state index contributed by atoms with van der Waals surface area (Å²) in [7, 11) is 5.15. The van der Waals surface area contributed by atoms with E-state index in [1.807, 2.05) is 26.9 Å². The summed E-state index contributed by atoms with van der Waals surface area (Å²) in [6, 6.07) is 0. The maximum Gasteiger partial charge on any atom is 0.496 e. The predicted molar refractivity (Wildman–Crippen MR) is 152 cm³/mol. The molecule has 0 radical (unpaired) electrons. The Bertz CT molecular complexity index is 645. The van der Waals surface area contributed by atoms with Crippen LogP contribution < -0.4 is 0 Å². The maximum absolute atomic E-state index is 10.7. The van der Waals surface area contributed by atoms with Crippen molar-refractivity contribution >= 4 is 23.6 Å². The molecular formula is C27H56O9Si2. The first-order chi connectivity index (χ1) is 17.7. The number of carbonyl (C=O) groups excluding carboxylic acids is 1. The van der Waals surface area contributed by atoms with Crippen LogP contribution in [-0.2, 0) is 36.1 Å². The van der Waals surface area contributed by atoms with Gasteiger partial charge in [0, 0.05) is 62.7 Å². The molecule has 0 aliphatic heterocycles. The highest BCUT2D eigenvalue weighted by atomic mass is 28.4. The number of aliphatic hydroxyl groups is 1. The highest BCUT2D eigenvalue weighted by Gasteiger charge is 2.45. The van der Waals surface area contributed by atoms with Crippen LogP contribution in [0.15, 0.2) is 0 Å². The van der Waals surface area contributed by atoms with E-state index in [1.165, 1.54) is 51.9 Å². The second-order valence-corrected chi connectivity index (χ2v) is 17.6. The molecule has 9 nitrogen and oxygen atoms in total. The molecule has 0 aromatic heterocycles. The molecule has 0 amide bonds. The van der Waals surface area contributed by atoms with Gasteiger partial charge in [0.15, 0.2) is 0 Å². The average molecular weight is 581 g/mol. The third-order valence-corrected chi connectivity index (χ3v) is 13.3. The molecule has 0 spiro atoms. The van der Waals surface area contributed by atoms with E-state index in [-0.39, 0.29) is 12.1 Å². The Morgan fingerprint density at radius 1 is 0.684 bits per heavy atom. The van der Waals surface area contributed by atoms with Gasteiger partial charge < -0.3 is 36.4 Å². The largest absolute Gasteiger partial charge is 0.496 e. The van der Waals surface area contributed by atoms with Gasteiger partial charge in [0.1, 0.15) is 6.10 Å². The molecular weight excluding hydrogens is 524 g/mol. The fraction of sp³-hybridized carbons (Fsp3) is 0.963. The van der Waals surface area contributed by atoms with Gasteiger partial charge in [-0.2, -0.15) is 0 Å². The molecule has 38 heavy (non-hydrogen) atoms. The van der Waals surface area contributed by atoms with E-state index in [4.69, 9.17) is 31.3 Å². The zero-order valence-electron chi connectivity index (χ0n) is 25.8. The van der Waals surface area contributed by atoms with Crippen LogP contribution in [0.25, 0.3) is 0 Å². The lowest BCUT2D eigenvalue weighted by Crippen LogP contribution is -2.38. The van der Waals surface area contributed by atoms with Crippen LogP contribution in [0.3, 0.4) is 0 Å². The van der Waals surface area contributed by atoms with Gasteiger partial charge in [0.2, 0.25) is 0 Å². The van der Waals surface area contributed by atoms with Gasteiger partial charge in [0.05, 0.1) is 5.60 Å². The van der Waals surface area contributed by atoms with Gasteiger partial charge in [-0.3, -0.25) is 4.79 Å². The SMILES string of the molecule is CC(=O)OC1CC2CCC1C2.CC(C)(O)C1CC2CCC1C2.CO[Si](C)(OC)OC.CO[Si](C)(OC)OC. The second kappa shape index (κ2) is 16.2. The van der Waals surface area contributed by atoms with Crippen LogP contribution in [0.2, 0.25) is 13.1 Å². The van der Waals surface area contributed by atoms with E-state index >= 15 is 0 Å². The Labute approximate surface area is 233 Å². The van der Waals surface area contributed by atoms with Crippen LogP contribution in [0.1, 0.15) is 72.1 Å². The minimum absolute atomic E-state index is 0.109. The zero-order chi connectivity index (χ0) is 29.1. The quantitative estimate of drug-likeness (QED) is 0.317. The minimum Gasteiger partial charge on any atom is -0.462 e. The molecule has 0 saturated heterocycles. The van der Waals surface area contributed by atoms with Crippen molar-refractivity contribution in [1.82, 2.24) is 0 Å². The first-order valence-electron chi connectivity index (χ1n) is 13.9. The first kappa shape index (κ1) is 35.7. The summed E-state index contributed by atoms with van der Waals surface area (Å²) in [4.78, 5) is 10.7. The topological polar surface area (TPSA) is 102 Å². The highest BCUT2D eigenvalue weighted by molar-refractivity contribution is 6.59. The molecule has 226 valence electrons. The van der Waals surface area contributed by atoms with E-state index in [1.54, 1.807) is 42.7 Å². The van der Waals surface area contributed by atoms with E-state index in [0.717, 1.165) is 24.2 Å². The molecule has 0 aromatic rings. The van der Waals surface area contributed by atoms with Crippen molar-refractivity contribution in [3.63, 3.8) is 0 Å². The van der Waals surface area contributed by atoms with Crippen molar-refractivity contribution in [3.8, 4) is 0 Å². The lowest BCUT2D eigenvalue weighted by Gasteiger charge is -2.32. The fourth-order valence-corrected chi connectivity index (χ4v) is 7.15. The van der Waals surface area contributed by atoms with Gasteiger partial charge in [-0.15, -0.1) is 0 Å². The van der Waals surface area contributed by atoms with Crippen molar-refractivity contribution in [3.05, 3.63) is 0 Å². The monoisotopic (exact) mass is 580 g/mol. The number of ether oxygens (including phenoxy) is 1. The van der Waals surface area contributed by atoms with Crippen molar-refractivity contribution < 1.29 is 41.2 Å². The van der Waals surface area contributed by atoms with Crippen LogP contribution in [0.5, 0.6) is 0 Å². The van der Waals surface area contributed by atoms with Crippen molar-refractivity contribution in [2.24, 2.45) is 29.6 Å². The van der Waals surface area contributed by atoms with Crippen LogP contribution in [-0.4, -0.2) is 83.0 Å². The Hall–Kier alpha value is -0.376. The molecule has 0 heterocycles. The van der Waals surface area contributed by atoms with Crippen LogP contribution >= 0.6 is 0 Å². The maximum atomic E-state index is 10.7. The number of carbonyl (C=O) groups is 1. The van der Waals surface area contributed by atoms with Gasteiger partial charge in [-0.25, -0.2) is 0 Å². The Morgan fingerprint density at radius 3 is 1.26 bits per heavy atom. The van der Waals surface area contributed by atoms with Gasteiger partial charge in [-0.1, -0.05) is 6.42 Å². The number of hydrogen-bond acceptors (Lipinski definition) is 9. The number of fused-ring (bicyclic) bond motifs is 4. The number of esters is 1. The number of hydrogen-bond donors (Lipinski definition) is 1. The van der Waals surface area contributed by atoms with E-state index in [2.05, 4.69) is 0 Å². The summed E-state index contributed by atoms with van der Waals surface area (Å²) >= 11 is 0. The molecule has 4 rings (SSSR count). The lowest BCUT2D eigenvalue weighted by molar-refractivity contribution is -0.148. The molecule has 1 N–H and O–H groups in total. The molecule has 4 fully saturated rings. The van der Waals surface area contributed by atoms with E-state index < -0.39 is 23.2 Å².